The number of rotatable bonds is 7. The van der Waals surface area contributed by atoms with Crippen LogP contribution >= 0.6 is 0 Å². The van der Waals surface area contributed by atoms with Crippen LogP contribution < -0.4 is 19.5 Å². The van der Waals surface area contributed by atoms with Crippen molar-refractivity contribution in [2.24, 2.45) is 16.8 Å². The van der Waals surface area contributed by atoms with Crippen molar-refractivity contribution >= 4 is 11.9 Å². The van der Waals surface area contributed by atoms with Crippen molar-refractivity contribution in [2.75, 3.05) is 55.1 Å². The fourth-order valence-corrected chi connectivity index (χ4v) is 3.55. The number of nitrogens with zero attached hydrogens (tertiary/aromatic N) is 2. The van der Waals surface area contributed by atoms with E-state index in [1.165, 1.54) is 7.11 Å². The van der Waals surface area contributed by atoms with Gasteiger partial charge in [0.05, 0.1) is 34.4 Å². The summed E-state index contributed by atoms with van der Waals surface area (Å²) >= 11 is 0. The second-order valence-corrected chi connectivity index (χ2v) is 6.75. The molecule has 0 radical (unpaired) electrons. The summed E-state index contributed by atoms with van der Waals surface area (Å²) in [6.45, 7) is 4.05. The molecule has 2 rings (SSSR count). The lowest BCUT2D eigenvalue weighted by Gasteiger charge is -2.22. The molecule has 0 aromatic heterocycles. The number of carbonyl (C=O) groups is 1. The van der Waals surface area contributed by atoms with Crippen molar-refractivity contribution in [2.45, 2.75) is 13.3 Å². The number of benzene rings is 1. The third-order valence-corrected chi connectivity index (χ3v) is 5.10. The molecule has 2 atom stereocenters. The van der Waals surface area contributed by atoms with Gasteiger partial charge in [-0.2, -0.15) is 0 Å². The second-order valence-electron chi connectivity index (χ2n) is 6.75. The van der Waals surface area contributed by atoms with Gasteiger partial charge < -0.3 is 29.2 Å². The number of ether oxygens (including phenoxy) is 4. The van der Waals surface area contributed by atoms with E-state index in [1.54, 1.807) is 28.4 Å². The highest BCUT2D eigenvalue weighted by Crippen LogP contribution is 2.34. The number of likely N-dealkylation sites (tertiary alicyclic amines) is 1. The minimum atomic E-state index is -0.168. The molecule has 0 bridgehead atoms. The first-order valence-electron chi connectivity index (χ1n) is 9.31. The summed E-state index contributed by atoms with van der Waals surface area (Å²) in [7, 11) is 8.04. The summed E-state index contributed by atoms with van der Waals surface area (Å²) in [5.41, 5.74) is 0.955. The summed E-state index contributed by atoms with van der Waals surface area (Å²) in [4.78, 5) is 18.4. The predicted molar refractivity (Wildman–Crippen MR) is 107 cm³/mol. The van der Waals surface area contributed by atoms with E-state index < -0.39 is 0 Å². The van der Waals surface area contributed by atoms with E-state index in [1.807, 2.05) is 12.1 Å². The number of methoxy groups -OCH3 is 4. The molecular formula is C20H31N3O5. The zero-order chi connectivity index (χ0) is 20.7. The smallest absolute Gasteiger partial charge is 0.310 e. The van der Waals surface area contributed by atoms with Crippen LogP contribution in [0.1, 0.15) is 12.5 Å². The van der Waals surface area contributed by atoms with E-state index >= 15 is 0 Å². The second kappa shape index (κ2) is 10.1. The zero-order valence-corrected chi connectivity index (χ0v) is 17.6. The van der Waals surface area contributed by atoms with Gasteiger partial charge in [0.15, 0.2) is 5.96 Å². The van der Waals surface area contributed by atoms with Crippen LogP contribution in [-0.4, -0.2) is 71.9 Å². The van der Waals surface area contributed by atoms with Crippen LogP contribution in [-0.2, 0) is 16.0 Å². The summed E-state index contributed by atoms with van der Waals surface area (Å²) in [5.74, 6) is 2.80. The molecule has 1 aliphatic rings. The quantitative estimate of drug-likeness (QED) is 0.428. The summed E-state index contributed by atoms with van der Waals surface area (Å²) in [5, 5.41) is 3.37. The van der Waals surface area contributed by atoms with Gasteiger partial charge in [0.25, 0.3) is 0 Å². The number of esters is 1. The van der Waals surface area contributed by atoms with Gasteiger partial charge in [-0.05, 0) is 12.3 Å². The number of aliphatic imine (C=N–C) groups is 1. The first-order chi connectivity index (χ1) is 13.5. The van der Waals surface area contributed by atoms with Crippen LogP contribution in [0.25, 0.3) is 0 Å². The Kier molecular flexibility index (Phi) is 7.78. The largest absolute Gasteiger partial charge is 0.496 e. The average Bonchev–Trinajstić information content (AvgIpc) is 3.11. The Hall–Kier alpha value is -2.64. The van der Waals surface area contributed by atoms with E-state index in [4.69, 9.17) is 18.9 Å². The lowest BCUT2D eigenvalue weighted by atomic mass is 9.99. The SMILES string of the molecule is CN=C(NCCc1c(OC)cc(OC)cc1OC)N1CC(C)C(C(=O)OC)C1. The monoisotopic (exact) mass is 393 g/mol. The molecule has 8 nitrogen and oxygen atoms in total. The Balaban J connectivity index is 2.03. The van der Waals surface area contributed by atoms with Crippen molar-refractivity contribution in [1.82, 2.24) is 10.2 Å². The number of guanidine groups is 1. The minimum absolute atomic E-state index is 0.134. The van der Waals surface area contributed by atoms with Gasteiger partial charge in [-0.15, -0.1) is 0 Å². The van der Waals surface area contributed by atoms with Crippen molar-refractivity contribution in [3.05, 3.63) is 17.7 Å². The maximum absolute atomic E-state index is 11.9. The number of nitrogens with one attached hydrogen (secondary N) is 1. The third-order valence-electron chi connectivity index (χ3n) is 5.10. The van der Waals surface area contributed by atoms with Gasteiger partial charge in [0, 0.05) is 44.4 Å². The standard InChI is InChI=1S/C20H31N3O5/c1-13-11-23(12-16(13)19(24)28-6)20(21-2)22-8-7-15-17(26-4)9-14(25-3)10-18(15)27-5/h9-10,13,16H,7-8,11-12H2,1-6H3,(H,21,22). The van der Waals surface area contributed by atoms with E-state index in [2.05, 4.69) is 22.1 Å². The Morgan fingerprint density at radius 1 is 1.14 bits per heavy atom. The lowest BCUT2D eigenvalue weighted by molar-refractivity contribution is -0.145. The molecule has 1 N–H and O–H groups in total. The molecule has 1 aromatic carbocycles. The van der Waals surface area contributed by atoms with Crippen LogP contribution in [0.15, 0.2) is 17.1 Å². The van der Waals surface area contributed by atoms with Gasteiger partial charge in [0.1, 0.15) is 17.2 Å². The molecule has 0 amide bonds. The molecule has 1 aromatic rings. The number of carbonyl (C=O) groups excluding carboxylic acids is 1. The topological polar surface area (TPSA) is 81.6 Å². The molecule has 1 heterocycles. The Morgan fingerprint density at radius 2 is 1.79 bits per heavy atom. The number of hydrogen-bond donors (Lipinski definition) is 1. The van der Waals surface area contributed by atoms with E-state index in [9.17, 15) is 4.79 Å². The molecule has 156 valence electrons. The average molecular weight is 393 g/mol. The highest BCUT2D eigenvalue weighted by Gasteiger charge is 2.36. The molecule has 0 spiro atoms. The first kappa shape index (κ1) is 21.7. The summed E-state index contributed by atoms with van der Waals surface area (Å²) in [6, 6.07) is 3.69. The maximum Gasteiger partial charge on any atom is 0.310 e. The molecule has 28 heavy (non-hydrogen) atoms. The van der Waals surface area contributed by atoms with E-state index in [-0.39, 0.29) is 17.8 Å². The van der Waals surface area contributed by atoms with Crippen LogP contribution in [0.5, 0.6) is 17.2 Å². The normalized spacial score (nSPS) is 19.4. The molecule has 1 saturated heterocycles. The van der Waals surface area contributed by atoms with Crippen LogP contribution in [0, 0.1) is 11.8 Å². The Labute approximate surface area is 166 Å². The minimum Gasteiger partial charge on any atom is -0.496 e. The molecule has 8 heteroatoms. The Bertz CT molecular complexity index is 682. The zero-order valence-electron chi connectivity index (χ0n) is 17.6. The highest BCUT2D eigenvalue weighted by atomic mass is 16.5. The lowest BCUT2D eigenvalue weighted by Crippen LogP contribution is -2.41. The highest BCUT2D eigenvalue weighted by molar-refractivity contribution is 5.82. The van der Waals surface area contributed by atoms with E-state index in [0.717, 1.165) is 18.1 Å². The van der Waals surface area contributed by atoms with Crippen molar-refractivity contribution < 1.29 is 23.7 Å². The van der Waals surface area contributed by atoms with Gasteiger partial charge in [-0.3, -0.25) is 9.79 Å². The predicted octanol–water partition coefficient (Wildman–Crippen LogP) is 1.57. The fraction of sp³-hybridized carbons (Fsp3) is 0.600. The summed E-state index contributed by atoms with van der Waals surface area (Å²) < 4.78 is 21.2. The van der Waals surface area contributed by atoms with Crippen molar-refractivity contribution in [3.63, 3.8) is 0 Å². The van der Waals surface area contributed by atoms with Crippen LogP contribution in [0.4, 0.5) is 0 Å². The van der Waals surface area contributed by atoms with Crippen LogP contribution in [0.3, 0.4) is 0 Å². The van der Waals surface area contributed by atoms with Gasteiger partial charge >= 0.3 is 5.97 Å². The van der Waals surface area contributed by atoms with Crippen LogP contribution in [0.2, 0.25) is 0 Å². The molecule has 2 unspecified atom stereocenters. The first-order valence-corrected chi connectivity index (χ1v) is 9.31. The van der Waals surface area contributed by atoms with Crippen molar-refractivity contribution in [3.8, 4) is 17.2 Å². The van der Waals surface area contributed by atoms with Crippen molar-refractivity contribution in [1.29, 1.82) is 0 Å². The summed E-state index contributed by atoms with van der Waals surface area (Å²) in [6.07, 6.45) is 0.680. The molecule has 0 saturated carbocycles. The van der Waals surface area contributed by atoms with Gasteiger partial charge in [-0.25, -0.2) is 0 Å². The third kappa shape index (κ3) is 4.79. The maximum atomic E-state index is 11.9. The van der Waals surface area contributed by atoms with Gasteiger partial charge in [-0.1, -0.05) is 6.92 Å². The Morgan fingerprint density at radius 3 is 2.29 bits per heavy atom. The molecule has 0 aliphatic carbocycles. The fourth-order valence-electron chi connectivity index (χ4n) is 3.55. The molecule has 1 fully saturated rings. The van der Waals surface area contributed by atoms with E-state index in [0.29, 0.717) is 36.8 Å². The molecular weight excluding hydrogens is 362 g/mol. The number of hydrogen-bond acceptors (Lipinski definition) is 6. The van der Waals surface area contributed by atoms with Gasteiger partial charge in [0.2, 0.25) is 0 Å². The molecule has 1 aliphatic heterocycles.